The zero-order chi connectivity index (χ0) is 21.0. The first-order valence-corrected chi connectivity index (χ1v) is 11.4. The van der Waals surface area contributed by atoms with Crippen LogP contribution in [0.25, 0.3) is 0 Å². The molecule has 1 aromatic heterocycles. The van der Waals surface area contributed by atoms with Crippen LogP contribution in [-0.4, -0.2) is 38.8 Å². The Kier molecular flexibility index (Phi) is 6.42. The van der Waals surface area contributed by atoms with E-state index in [0.717, 1.165) is 18.5 Å². The summed E-state index contributed by atoms with van der Waals surface area (Å²) in [6, 6.07) is 13.1. The van der Waals surface area contributed by atoms with Gasteiger partial charge in [0.2, 0.25) is 10.0 Å². The monoisotopic (exact) mass is 417 g/mol. The fourth-order valence-electron chi connectivity index (χ4n) is 3.18. The summed E-state index contributed by atoms with van der Waals surface area (Å²) < 4.78 is 31.4. The number of hydrogen-bond acceptors (Lipinski definition) is 6. The van der Waals surface area contributed by atoms with E-state index in [2.05, 4.69) is 21.5 Å². The molecule has 1 heterocycles. The fraction of sp³-hybridized carbons (Fsp3) is 0.429. The summed E-state index contributed by atoms with van der Waals surface area (Å²) in [5.41, 5.74) is 1.37. The predicted octanol–water partition coefficient (Wildman–Crippen LogP) is 3.29. The number of ether oxygens (including phenoxy) is 1. The van der Waals surface area contributed by atoms with Crippen molar-refractivity contribution in [2.24, 2.45) is 11.8 Å². The van der Waals surface area contributed by atoms with E-state index in [4.69, 9.17) is 4.74 Å². The SMILES string of the molecule is CCS(=O)(=O)Nc1cc(C(=O)OC)cc(N(Cc2ccccc2)C[C@@H]2C[C@H]2C)n1. The molecule has 1 fully saturated rings. The molecule has 1 N–H and O–H groups in total. The maximum absolute atomic E-state index is 12.2. The third kappa shape index (κ3) is 5.69. The van der Waals surface area contributed by atoms with Crippen LogP contribution in [0.2, 0.25) is 0 Å². The van der Waals surface area contributed by atoms with E-state index >= 15 is 0 Å². The highest BCUT2D eigenvalue weighted by Gasteiger charge is 2.34. The predicted molar refractivity (Wildman–Crippen MR) is 113 cm³/mol. The summed E-state index contributed by atoms with van der Waals surface area (Å²) in [7, 11) is -2.23. The van der Waals surface area contributed by atoms with Crippen LogP contribution >= 0.6 is 0 Å². The molecule has 2 aromatic rings. The number of hydrogen-bond donors (Lipinski definition) is 1. The maximum Gasteiger partial charge on any atom is 0.338 e. The molecule has 0 aliphatic heterocycles. The van der Waals surface area contributed by atoms with E-state index < -0.39 is 16.0 Å². The average molecular weight is 418 g/mol. The van der Waals surface area contributed by atoms with Crippen molar-refractivity contribution in [1.29, 1.82) is 0 Å². The number of carbonyl (C=O) groups is 1. The van der Waals surface area contributed by atoms with Crippen molar-refractivity contribution in [3.05, 3.63) is 53.6 Å². The Morgan fingerprint density at radius 3 is 2.55 bits per heavy atom. The first-order chi connectivity index (χ1) is 13.8. The summed E-state index contributed by atoms with van der Waals surface area (Å²) in [6.45, 7) is 5.16. The highest BCUT2D eigenvalue weighted by Crippen LogP contribution is 2.39. The van der Waals surface area contributed by atoms with Crippen molar-refractivity contribution in [3.8, 4) is 0 Å². The summed E-state index contributed by atoms with van der Waals surface area (Å²) in [4.78, 5) is 18.8. The Morgan fingerprint density at radius 2 is 1.97 bits per heavy atom. The molecule has 8 heteroatoms. The number of esters is 1. The lowest BCUT2D eigenvalue weighted by atomic mass is 10.2. The highest BCUT2D eigenvalue weighted by atomic mass is 32.2. The van der Waals surface area contributed by atoms with Gasteiger partial charge in [-0.1, -0.05) is 37.3 Å². The molecule has 156 valence electrons. The summed E-state index contributed by atoms with van der Waals surface area (Å²) in [6.07, 6.45) is 1.15. The number of nitrogens with one attached hydrogen (secondary N) is 1. The number of rotatable bonds is 9. The van der Waals surface area contributed by atoms with Crippen molar-refractivity contribution in [2.45, 2.75) is 26.8 Å². The minimum absolute atomic E-state index is 0.0835. The van der Waals surface area contributed by atoms with Gasteiger partial charge in [-0.15, -0.1) is 0 Å². The van der Waals surface area contributed by atoms with Gasteiger partial charge in [0.25, 0.3) is 0 Å². The van der Waals surface area contributed by atoms with Gasteiger partial charge in [-0.2, -0.15) is 0 Å². The number of methoxy groups -OCH3 is 1. The van der Waals surface area contributed by atoms with E-state index in [1.807, 2.05) is 30.3 Å². The smallest absolute Gasteiger partial charge is 0.338 e. The highest BCUT2D eigenvalue weighted by molar-refractivity contribution is 7.92. The van der Waals surface area contributed by atoms with Gasteiger partial charge in [0, 0.05) is 13.1 Å². The summed E-state index contributed by atoms with van der Waals surface area (Å²) >= 11 is 0. The van der Waals surface area contributed by atoms with Crippen LogP contribution in [0, 0.1) is 11.8 Å². The normalized spacial score (nSPS) is 18.2. The lowest BCUT2D eigenvalue weighted by molar-refractivity contribution is 0.0600. The molecule has 0 radical (unpaired) electrons. The van der Waals surface area contributed by atoms with Crippen molar-refractivity contribution < 1.29 is 17.9 Å². The van der Waals surface area contributed by atoms with Crippen LogP contribution in [0.5, 0.6) is 0 Å². The van der Waals surface area contributed by atoms with Gasteiger partial charge < -0.3 is 9.64 Å². The fourth-order valence-corrected chi connectivity index (χ4v) is 3.74. The minimum Gasteiger partial charge on any atom is -0.465 e. The molecule has 0 saturated heterocycles. The number of nitrogens with zero attached hydrogens (tertiary/aromatic N) is 2. The first-order valence-electron chi connectivity index (χ1n) is 9.71. The molecule has 0 spiro atoms. The zero-order valence-electron chi connectivity index (χ0n) is 17.0. The lowest BCUT2D eigenvalue weighted by Crippen LogP contribution is -2.27. The van der Waals surface area contributed by atoms with Crippen molar-refractivity contribution in [2.75, 3.05) is 29.0 Å². The molecule has 0 bridgehead atoms. The van der Waals surface area contributed by atoms with Gasteiger partial charge in [-0.25, -0.2) is 18.2 Å². The number of aromatic nitrogens is 1. The van der Waals surface area contributed by atoms with E-state index in [1.54, 1.807) is 13.0 Å². The van der Waals surface area contributed by atoms with Crippen molar-refractivity contribution in [3.63, 3.8) is 0 Å². The largest absolute Gasteiger partial charge is 0.465 e. The molecule has 3 rings (SSSR count). The molecule has 2 atom stereocenters. The molecule has 1 aliphatic rings. The Hall–Kier alpha value is -2.61. The zero-order valence-corrected chi connectivity index (χ0v) is 17.8. The Bertz CT molecular complexity index is 963. The number of pyridine rings is 1. The number of anilines is 2. The van der Waals surface area contributed by atoms with Gasteiger partial charge >= 0.3 is 5.97 Å². The number of benzene rings is 1. The van der Waals surface area contributed by atoms with Gasteiger partial charge in [-0.05, 0) is 42.9 Å². The summed E-state index contributed by atoms with van der Waals surface area (Å²) in [5.74, 6) is 1.24. The first kappa shape index (κ1) is 21.1. The molecule has 7 nitrogen and oxygen atoms in total. The van der Waals surface area contributed by atoms with Crippen LogP contribution in [0.15, 0.2) is 42.5 Å². The van der Waals surface area contributed by atoms with E-state index in [9.17, 15) is 13.2 Å². The molecule has 1 aromatic carbocycles. The molecule has 0 amide bonds. The number of sulfonamides is 1. The van der Waals surface area contributed by atoms with E-state index in [1.165, 1.54) is 13.2 Å². The third-order valence-corrected chi connectivity index (χ3v) is 6.42. The second-order valence-electron chi connectivity index (χ2n) is 7.44. The molecule has 1 saturated carbocycles. The van der Waals surface area contributed by atoms with E-state index in [-0.39, 0.29) is 17.1 Å². The van der Waals surface area contributed by atoms with Gasteiger partial charge in [0.05, 0.1) is 18.4 Å². The molecular weight excluding hydrogens is 390 g/mol. The Balaban J connectivity index is 1.98. The van der Waals surface area contributed by atoms with Crippen LogP contribution < -0.4 is 9.62 Å². The van der Waals surface area contributed by atoms with E-state index in [0.29, 0.717) is 24.2 Å². The standard InChI is InChI=1S/C21H27N3O4S/c1-4-29(26,27)23-19-11-17(21(25)28-3)12-20(22-19)24(14-18-10-15(18)2)13-16-8-6-5-7-9-16/h5-9,11-12,15,18H,4,10,13-14H2,1-3H3,(H,22,23)/t15-,18+/m1/s1. The molecule has 0 unspecified atom stereocenters. The van der Waals surface area contributed by atoms with Crippen LogP contribution in [-0.2, 0) is 21.3 Å². The minimum atomic E-state index is -3.53. The second-order valence-corrected chi connectivity index (χ2v) is 9.45. The molecular formula is C21H27N3O4S. The van der Waals surface area contributed by atoms with Gasteiger partial charge in [0.1, 0.15) is 11.6 Å². The van der Waals surface area contributed by atoms with Crippen LogP contribution in [0.3, 0.4) is 0 Å². The number of carbonyl (C=O) groups excluding carboxylic acids is 1. The Morgan fingerprint density at radius 1 is 1.28 bits per heavy atom. The topological polar surface area (TPSA) is 88.6 Å². The van der Waals surface area contributed by atoms with Crippen LogP contribution in [0.4, 0.5) is 11.6 Å². The molecule has 29 heavy (non-hydrogen) atoms. The van der Waals surface area contributed by atoms with Gasteiger partial charge in [0.15, 0.2) is 0 Å². The molecule has 1 aliphatic carbocycles. The van der Waals surface area contributed by atoms with Gasteiger partial charge in [-0.3, -0.25) is 4.72 Å². The average Bonchev–Trinajstić information content (AvgIpc) is 3.41. The maximum atomic E-state index is 12.2. The quantitative estimate of drug-likeness (QED) is 0.630. The van der Waals surface area contributed by atoms with Crippen molar-refractivity contribution in [1.82, 2.24) is 4.98 Å². The lowest BCUT2D eigenvalue weighted by Gasteiger charge is -2.25. The third-order valence-electron chi connectivity index (χ3n) is 5.14. The summed E-state index contributed by atoms with van der Waals surface area (Å²) in [5, 5.41) is 0. The Labute approximate surface area is 172 Å². The van der Waals surface area contributed by atoms with Crippen LogP contribution in [0.1, 0.15) is 36.2 Å². The second kappa shape index (κ2) is 8.82. The van der Waals surface area contributed by atoms with Crippen molar-refractivity contribution >= 4 is 27.6 Å².